The number of nitrogens with zero attached hydrogens (tertiary/aromatic N) is 1. The minimum absolute atomic E-state index is 0.109. The highest BCUT2D eigenvalue weighted by Crippen LogP contribution is 2.28. The molecule has 8 heteroatoms. The number of hydrogen-bond donors (Lipinski definition) is 1. The molecule has 0 atom stereocenters. The van der Waals surface area contributed by atoms with Crippen LogP contribution >= 0.6 is 0 Å². The van der Waals surface area contributed by atoms with E-state index >= 15 is 0 Å². The van der Waals surface area contributed by atoms with E-state index in [1.165, 1.54) is 28.6 Å². The molecule has 3 rings (SSSR count). The maximum atomic E-state index is 12.7. The van der Waals surface area contributed by atoms with Crippen LogP contribution in [-0.2, 0) is 20.0 Å². The molecule has 1 aliphatic heterocycles. The average molecular weight is 373 g/mol. The summed E-state index contributed by atoms with van der Waals surface area (Å²) >= 11 is 0. The highest BCUT2D eigenvalue weighted by atomic mass is 32.2. The van der Waals surface area contributed by atoms with Crippen molar-refractivity contribution in [2.75, 3.05) is 19.6 Å². The van der Waals surface area contributed by atoms with E-state index < -0.39 is 20.0 Å². The summed E-state index contributed by atoms with van der Waals surface area (Å²) in [4.78, 5) is 0.267. The van der Waals surface area contributed by atoms with Crippen molar-refractivity contribution in [3.05, 3.63) is 24.3 Å². The van der Waals surface area contributed by atoms with Gasteiger partial charge in [0, 0.05) is 19.6 Å². The van der Waals surface area contributed by atoms with Crippen molar-refractivity contribution < 1.29 is 16.8 Å². The first-order valence-corrected chi connectivity index (χ1v) is 11.4. The Hall–Kier alpha value is -0.960. The van der Waals surface area contributed by atoms with E-state index in [1.807, 2.05) is 0 Å². The lowest BCUT2D eigenvalue weighted by Crippen LogP contribution is -2.32. The van der Waals surface area contributed by atoms with Crippen LogP contribution in [0.4, 0.5) is 0 Å². The molecular weight excluding hydrogens is 348 g/mol. The molecule has 2 aliphatic rings. The summed E-state index contributed by atoms with van der Waals surface area (Å²) in [6.07, 6.45) is 5.98. The molecule has 1 saturated heterocycles. The van der Waals surface area contributed by atoms with Crippen LogP contribution in [0.1, 0.15) is 38.5 Å². The molecule has 1 aliphatic carbocycles. The Kier molecular flexibility index (Phi) is 5.29. The van der Waals surface area contributed by atoms with Crippen molar-refractivity contribution in [2.45, 2.75) is 48.3 Å². The van der Waals surface area contributed by atoms with Crippen molar-refractivity contribution >= 4 is 20.0 Å². The third-order valence-corrected chi connectivity index (χ3v) is 7.95. The molecule has 1 aromatic rings. The summed E-state index contributed by atoms with van der Waals surface area (Å²) in [6.45, 7) is 1.52. The molecule has 0 unspecified atom stereocenters. The van der Waals surface area contributed by atoms with Gasteiger partial charge in [0.15, 0.2) is 0 Å². The van der Waals surface area contributed by atoms with Crippen molar-refractivity contribution in [1.82, 2.24) is 9.03 Å². The number of hydrogen-bond acceptors (Lipinski definition) is 4. The Morgan fingerprint density at radius 3 is 1.96 bits per heavy atom. The zero-order chi connectivity index (χ0) is 17.2. The first-order chi connectivity index (χ1) is 11.4. The van der Waals surface area contributed by atoms with Gasteiger partial charge < -0.3 is 0 Å². The molecule has 24 heavy (non-hydrogen) atoms. The van der Waals surface area contributed by atoms with Gasteiger partial charge in [-0.05, 0) is 55.9 Å². The van der Waals surface area contributed by atoms with Crippen LogP contribution in [0.2, 0.25) is 0 Å². The zero-order valence-corrected chi connectivity index (χ0v) is 15.3. The molecule has 1 aromatic carbocycles. The van der Waals surface area contributed by atoms with Crippen molar-refractivity contribution in [3.8, 4) is 0 Å². The van der Waals surface area contributed by atoms with Gasteiger partial charge in [-0.2, -0.15) is 4.31 Å². The van der Waals surface area contributed by atoms with E-state index in [-0.39, 0.29) is 9.79 Å². The molecule has 2 fully saturated rings. The van der Waals surface area contributed by atoms with Gasteiger partial charge in [-0.1, -0.05) is 12.8 Å². The van der Waals surface area contributed by atoms with E-state index in [0.717, 1.165) is 38.5 Å². The Morgan fingerprint density at radius 2 is 1.42 bits per heavy atom. The molecule has 0 spiro atoms. The minimum Gasteiger partial charge on any atom is -0.211 e. The van der Waals surface area contributed by atoms with Gasteiger partial charge in [0.1, 0.15) is 0 Å². The summed E-state index contributed by atoms with van der Waals surface area (Å²) in [5.74, 6) is 0.447. The second-order valence-corrected chi connectivity index (χ2v) is 10.3. The van der Waals surface area contributed by atoms with Gasteiger partial charge in [0.25, 0.3) is 0 Å². The third kappa shape index (κ3) is 4.17. The molecule has 0 aromatic heterocycles. The molecule has 134 valence electrons. The Bertz CT molecular complexity index is 761. The fourth-order valence-electron chi connectivity index (χ4n) is 2.85. The van der Waals surface area contributed by atoms with Gasteiger partial charge in [0.05, 0.1) is 9.79 Å². The topological polar surface area (TPSA) is 83.5 Å². The second-order valence-electron chi connectivity index (χ2n) is 6.58. The number of benzene rings is 1. The van der Waals surface area contributed by atoms with Crippen LogP contribution in [0.15, 0.2) is 34.1 Å². The van der Waals surface area contributed by atoms with Crippen molar-refractivity contribution in [1.29, 1.82) is 0 Å². The minimum atomic E-state index is -3.57. The predicted molar refractivity (Wildman–Crippen MR) is 91.6 cm³/mol. The van der Waals surface area contributed by atoms with Gasteiger partial charge in [-0.3, -0.25) is 0 Å². The average Bonchev–Trinajstić information content (AvgIpc) is 3.39. The van der Waals surface area contributed by atoms with Gasteiger partial charge in [-0.25, -0.2) is 21.6 Å². The lowest BCUT2D eigenvalue weighted by atomic mass is 10.2. The van der Waals surface area contributed by atoms with Gasteiger partial charge >= 0.3 is 0 Å². The summed E-state index contributed by atoms with van der Waals surface area (Å²) in [7, 11) is -7.11. The Labute approximate surface area is 144 Å². The summed E-state index contributed by atoms with van der Waals surface area (Å²) < 4.78 is 53.9. The molecule has 6 nitrogen and oxygen atoms in total. The van der Waals surface area contributed by atoms with E-state index in [1.54, 1.807) is 0 Å². The van der Waals surface area contributed by atoms with Crippen LogP contribution in [0.3, 0.4) is 0 Å². The second kappa shape index (κ2) is 7.11. The molecule has 0 bridgehead atoms. The van der Waals surface area contributed by atoms with Crippen molar-refractivity contribution in [2.24, 2.45) is 5.92 Å². The van der Waals surface area contributed by atoms with E-state index in [9.17, 15) is 16.8 Å². The summed E-state index contributed by atoms with van der Waals surface area (Å²) in [6, 6.07) is 5.54. The maximum absolute atomic E-state index is 12.7. The first-order valence-electron chi connectivity index (χ1n) is 8.49. The van der Waals surface area contributed by atoms with Crippen molar-refractivity contribution in [3.63, 3.8) is 0 Å². The van der Waals surface area contributed by atoms with Gasteiger partial charge in [-0.15, -0.1) is 0 Å². The number of sulfonamides is 2. The van der Waals surface area contributed by atoms with Crippen LogP contribution in [0, 0.1) is 5.92 Å². The number of rotatable bonds is 6. The van der Waals surface area contributed by atoms with E-state index in [0.29, 0.717) is 25.6 Å². The Balaban J connectivity index is 1.75. The zero-order valence-electron chi connectivity index (χ0n) is 13.6. The van der Waals surface area contributed by atoms with Gasteiger partial charge in [0.2, 0.25) is 20.0 Å². The van der Waals surface area contributed by atoms with Crippen LogP contribution in [0.5, 0.6) is 0 Å². The fourth-order valence-corrected chi connectivity index (χ4v) is 5.49. The molecule has 1 saturated carbocycles. The largest absolute Gasteiger partial charge is 0.243 e. The lowest BCUT2D eigenvalue weighted by Gasteiger charge is -2.20. The quantitative estimate of drug-likeness (QED) is 0.827. The monoisotopic (exact) mass is 372 g/mol. The SMILES string of the molecule is O=S(=O)(NCC1CC1)c1ccc(S(=O)(=O)N2CCCCCC2)cc1. The fraction of sp³-hybridized carbons (Fsp3) is 0.625. The number of nitrogens with one attached hydrogen (secondary N) is 1. The highest BCUT2D eigenvalue weighted by molar-refractivity contribution is 7.89. The molecule has 0 amide bonds. The van der Waals surface area contributed by atoms with Crippen LogP contribution in [0.25, 0.3) is 0 Å². The van der Waals surface area contributed by atoms with Crippen LogP contribution in [-0.4, -0.2) is 40.8 Å². The van der Waals surface area contributed by atoms with E-state index in [4.69, 9.17) is 0 Å². The molecule has 0 radical (unpaired) electrons. The maximum Gasteiger partial charge on any atom is 0.243 e. The Morgan fingerprint density at radius 1 is 0.875 bits per heavy atom. The molecule has 1 heterocycles. The smallest absolute Gasteiger partial charge is 0.211 e. The predicted octanol–water partition coefficient (Wildman–Crippen LogP) is 1.94. The normalized spacial score (nSPS) is 20.7. The third-order valence-electron chi connectivity index (χ3n) is 4.60. The van der Waals surface area contributed by atoms with E-state index in [2.05, 4.69) is 4.72 Å². The summed E-state index contributed by atoms with van der Waals surface area (Å²) in [5.41, 5.74) is 0. The highest BCUT2D eigenvalue weighted by Gasteiger charge is 2.27. The molecular formula is C16H24N2O4S2. The standard InChI is InChI=1S/C16H24N2O4S2/c19-23(20,17-13-14-5-6-14)15-7-9-16(10-8-15)24(21,22)18-11-3-1-2-4-12-18/h7-10,14,17H,1-6,11-13H2. The molecule has 1 N–H and O–H groups in total. The summed E-state index contributed by atoms with van der Waals surface area (Å²) in [5, 5.41) is 0. The van der Waals surface area contributed by atoms with Crippen LogP contribution < -0.4 is 4.72 Å². The lowest BCUT2D eigenvalue weighted by molar-refractivity contribution is 0.423. The first kappa shape index (κ1) is 17.8.